The third-order valence-electron chi connectivity index (χ3n) is 1.65. The average Bonchev–Trinajstić information content (AvgIpc) is 2.09. The van der Waals surface area contributed by atoms with Gasteiger partial charge in [-0.3, -0.25) is 4.79 Å². The number of rotatable bonds is 3. The van der Waals surface area contributed by atoms with Crippen LogP contribution in [-0.4, -0.2) is 21.1 Å². The summed E-state index contributed by atoms with van der Waals surface area (Å²) in [5, 5.41) is 2.45. The van der Waals surface area contributed by atoms with Crippen molar-refractivity contribution >= 4 is 53.8 Å². The van der Waals surface area contributed by atoms with Gasteiger partial charge in [0.1, 0.15) is 0 Å². The van der Waals surface area contributed by atoms with Crippen LogP contribution in [0.5, 0.6) is 0 Å². The maximum absolute atomic E-state index is 11.3. The second-order valence-corrected chi connectivity index (χ2v) is 6.52. The molecule has 1 amide bonds. The van der Waals surface area contributed by atoms with Gasteiger partial charge in [0.05, 0.1) is 10.6 Å². The van der Waals surface area contributed by atoms with Gasteiger partial charge in [0.25, 0.3) is 0 Å². The monoisotopic (exact) mass is 355 g/mol. The first kappa shape index (κ1) is 12.7. The van der Waals surface area contributed by atoms with Gasteiger partial charge in [0.15, 0.2) is 9.84 Å². The summed E-state index contributed by atoms with van der Waals surface area (Å²) in [6.45, 7) is 0. The van der Waals surface area contributed by atoms with E-state index in [2.05, 4.69) is 37.2 Å². The van der Waals surface area contributed by atoms with Crippen LogP contribution in [0.4, 0.5) is 5.69 Å². The third-order valence-corrected chi connectivity index (χ3v) is 3.99. The van der Waals surface area contributed by atoms with Gasteiger partial charge in [-0.05, 0) is 44.0 Å². The number of carbonyl (C=O) groups excluding carboxylic acids is 1. The molecule has 1 N–H and O–H groups in total. The molecule has 0 aromatic heterocycles. The molecular weight excluding hydrogens is 350 g/mol. The van der Waals surface area contributed by atoms with E-state index >= 15 is 0 Å². The predicted molar refractivity (Wildman–Crippen MR) is 64.6 cm³/mol. The van der Waals surface area contributed by atoms with Crippen LogP contribution in [0.2, 0.25) is 0 Å². The van der Waals surface area contributed by atoms with Crippen LogP contribution in [0.15, 0.2) is 26.0 Å². The first-order valence-electron chi connectivity index (χ1n) is 3.75. The number of carbonyl (C=O) groups is 1. The number of halogens is 2. The average molecular weight is 357 g/mol. The molecule has 0 unspecified atom stereocenters. The minimum absolute atomic E-state index is 0.178. The zero-order valence-corrected chi connectivity index (χ0v) is 11.6. The maximum Gasteiger partial charge on any atom is 0.211 e. The quantitative estimate of drug-likeness (QED) is 0.844. The van der Waals surface area contributed by atoms with Crippen LogP contribution in [0, 0.1) is 0 Å². The molecule has 0 aliphatic heterocycles. The molecule has 1 aromatic carbocycles. The molecular formula is C8H7Br2NO3S. The SMILES string of the molecule is CS(=O)(=O)c1cc(Br)c(NC=O)c(Br)c1. The molecule has 1 rings (SSSR count). The number of hydrogen-bond donors (Lipinski definition) is 1. The molecule has 0 spiro atoms. The molecule has 0 saturated heterocycles. The second-order valence-electron chi connectivity index (χ2n) is 2.80. The summed E-state index contributed by atoms with van der Waals surface area (Å²) in [5.74, 6) is 0. The molecule has 0 bridgehead atoms. The Hall–Kier alpha value is -0.400. The highest BCUT2D eigenvalue weighted by Crippen LogP contribution is 2.33. The molecule has 4 nitrogen and oxygen atoms in total. The van der Waals surface area contributed by atoms with Crippen molar-refractivity contribution in [3.63, 3.8) is 0 Å². The van der Waals surface area contributed by atoms with Crippen molar-refractivity contribution in [3.8, 4) is 0 Å². The Balaban J connectivity index is 3.38. The van der Waals surface area contributed by atoms with Crippen molar-refractivity contribution in [1.82, 2.24) is 0 Å². The summed E-state index contributed by atoms with van der Waals surface area (Å²) < 4.78 is 23.6. The highest BCUT2D eigenvalue weighted by Gasteiger charge is 2.13. The zero-order valence-electron chi connectivity index (χ0n) is 7.62. The third kappa shape index (κ3) is 3.02. The van der Waals surface area contributed by atoms with Crippen molar-refractivity contribution in [2.45, 2.75) is 4.90 Å². The fraction of sp³-hybridized carbons (Fsp3) is 0.125. The zero-order chi connectivity index (χ0) is 11.6. The topological polar surface area (TPSA) is 63.2 Å². The van der Waals surface area contributed by atoms with Gasteiger partial charge >= 0.3 is 0 Å². The summed E-state index contributed by atoms with van der Waals surface area (Å²) >= 11 is 6.35. The van der Waals surface area contributed by atoms with Gasteiger partial charge in [0, 0.05) is 15.2 Å². The van der Waals surface area contributed by atoms with E-state index in [9.17, 15) is 13.2 Å². The largest absolute Gasteiger partial charge is 0.327 e. The van der Waals surface area contributed by atoms with Gasteiger partial charge in [0.2, 0.25) is 6.41 Å². The highest BCUT2D eigenvalue weighted by atomic mass is 79.9. The highest BCUT2D eigenvalue weighted by molar-refractivity contribution is 9.11. The van der Waals surface area contributed by atoms with E-state index in [1.807, 2.05) is 0 Å². The summed E-state index contributed by atoms with van der Waals surface area (Å²) in [4.78, 5) is 10.5. The molecule has 0 radical (unpaired) electrons. The Morgan fingerprint density at radius 1 is 1.27 bits per heavy atom. The molecule has 15 heavy (non-hydrogen) atoms. The predicted octanol–water partition coefficient (Wildman–Crippen LogP) is 2.18. The van der Waals surface area contributed by atoms with E-state index in [0.717, 1.165) is 6.26 Å². The summed E-state index contributed by atoms with van der Waals surface area (Å²) in [5.41, 5.74) is 0.498. The molecule has 7 heteroatoms. The van der Waals surface area contributed by atoms with Gasteiger partial charge in [-0.15, -0.1) is 0 Å². The molecule has 0 heterocycles. The molecule has 1 aromatic rings. The molecule has 0 fully saturated rings. The van der Waals surface area contributed by atoms with E-state index in [1.54, 1.807) is 0 Å². The van der Waals surface area contributed by atoms with Crippen molar-refractivity contribution in [2.24, 2.45) is 0 Å². The minimum atomic E-state index is -3.26. The summed E-state index contributed by atoms with van der Waals surface area (Å²) in [6, 6.07) is 2.87. The molecule has 0 saturated carbocycles. The normalized spacial score (nSPS) is 11.1. The van der Waals surface area contributed by atoms with Crippen molar-refractivity contribution in [3.05, 3.63) is 21.1 Å². The van der Waals surface area contributed by atoms with Gasteiger partial charge < -0.3 is 5.32 Å². The van der Waals surface area contributed by atoms with Crippen LogP contribution < -0.4 is 5.32 Å². The lowest BCUT2D eigenvalue weighted by Gasteiger charge is -2.07. The number of anilines is 1. The van der Waals surface area contributed by atoms with E-state index in [4.69, 9.17) is 0 Å². The van der Waals surface area contributed by atoms with Crippen LogP contribution in [0.3, 0.4) is 0 Å². The number of amides is 1. The van der Waals surface area contributed by atoms with Crippen LogP contribution in [0.25, 0.3) is 0 Å². The summed E-state index contributed by atoms with van der Waals surface area (Å²) in [7, 11) is -3.26. The Bertz CT molecular complexity index is 476. The lowest BCUT2D eigenvalue weighted by molar-refractivity contribution is -0.105. The number of hydrogen-bond acceptors (Lipinski definition) is 3. The van der Waals surface area contributed by atoms with Crippen LogP contribution >= 0.6 is 31.9 Å². The van der Waals surface area contributed by atoms with E-state index in [0.29, 0.717) is 21.0 Å². The van der Waals surface area contributed by atoms with E-state index in [-0.39, 0.29) is 4.90 Å². The molecule has 0 aliphatic rings. The summed E-state index contributed by atoms with van der Waals surface area (Å²) in [6.07, 6.45) is 1.64. The lowest BCUT2D eigenvalue weighted by Crippen LogP contribution is -2.01. The van der Waals surface area contributed by atoms with Crippen molar-refractivity contribution in [1.29, 1.82) is 0 Å². The van der Waals surface area contributed by atoms with Crippen LogP contribution in [-0.2, 0) is 14.6 Å². The Kier molecular flexibility index (Phi) is 3.91. The van der Waals surface area contributed by atoms with Crippen molar-refractivity contribution < 1.29 is 13.2 Å². The first-order valence-corrected chi connectivity index (χ1v) is 7.23. The molecule has 82 valence electrons. The molecule has 0 aliphatic carbocycles. The fourth-order valence-corrected chi connectivity index (χ4v) is 3.34. The Labute approximate surface area is 104 Å². The van der Waals surface area contributed by atoms with Gasteiger partial charge in [-0.1, -0.05) is 0 Å². The number of sulfone groups is 1. The number of nitrogens with one attached hydrogen (secondary N) is 1. The van der Waals surface area contributed by atoms with Crippen molar-refractivity contribution in [2.75, 3.05) is 11.6 Å². The Morgan fingerprint density at radius 3 is 2.07 bits per heavy atom. The Morgan fingerprint density at radius 2 is 1.73 bits per heavy atom. The lowest BCUT2D eigenvalue weighted by atomic mass is 10.3. The van der Waals surface area contributed by atoms with E-state index in [1.165, 1.54) is 12.1 Å². The smallest absolute Gasteiger partial charge is 0.211 e. The van der Waals surface area contributed by atoms with Gasteiger partial charge in [-0.25, -0.2) is 8.42 Å². The standard InChI is InChI=1S/C8H7Br2NO3S/c1-15(13,14)5-2-6(9)8(11-4-12)7(10)3-5/h2-4H,1H3,(H,11,12). The first-order chi connectivity index (χ1) is 6.86. The van der Waals surface area contributed by atoms with Crippen LogP contribution in [0.1, 0.15) is 0 Å². The second kappa shape index (κ2) is 4.63. The van der Waals surface area contributed by atoms with Gasteiger partial charge in [-0.2, -0.15) is 0 Å². The number of benzene rings is 1. The molecule has 0 atom stereocenters. The minimum Gasteiger partial charge on any atom is -0.327 e. The maximum atomic E-state index is 11.3. The van der Waals surface area contributed by atoms with E-state index < -0.39 is 9.84 Å². The fourth-order valence-electron chi connectivity index (χ4n) is 0.961.